The molecule has 0 saturated heterocycles. The van der Waals surface area contributed by atoms with Gasteiger partial charge in [-0.3, -0.25) is 19.1 Å². The summed E-state index contributed by atoms with van der Waals surface area (Å²) in [4.78, 5) is 38.4. The molecule has 0 spiro atoms. The molecule has 0 fully saturated rings. The first-order valence-corrected chi connectivity index (χ1v) is 13.1. The number of carbonyl (C=O) groups excluding carboxylic acids is 1. The molecule has 0 saturated carbocycles. The van der Waals surface area contributed by atoms with E-state index in [-0.39, 0.29) is 24.4 Å². The van der Waals surface area contributed by atoms with Crippen LogP contribution in [0, 0.1) is 6.92 Å². The number of pyridine rings is 1. The maximum atomic E-state index is 13.8. The molecule has 1 atom stereocenters. The lowest BCUT2D eigenvalue weighted by Gasteiger charge is -2.30. The molecule has 1 unspecified atom stereocenters. The second-order valence-electron chi connectivity index (χ2n) is 9.85. The van der Waals surface area contributed by atoms with Crippen molar-refractivity contribution in [1.29, 1.82) is 0 Å². The predicted molar refractivity (Wildman–Crippen MR) is 150 cm³/mol. The number of hydrogen-bond donors (Lipinski definition) is 0. The Balaban J connectivity index is 1.59. The first-order valence-electron chi connectivity index (χ1n) is 13.1. The summed E-state index contributed by atoms with van der Waals surface area (Å²) in [6, 6.07) is 23.7. The summed E-state index contributed by atoms with van der Waals surface area (Å²) in [5.41, 5.74) is 2.12. The number of halogens is 3. The minimum atomic E-state index is -4.47. The second-order valence-corrected chi connectivity index (χ2v) is 9.85. The quantitative estimate of drug-likeness (QED) is 0.231. The number of aromatic nitrogens is 3. The zero-order chi connectivity index (χ0) is 29.1. The first kappa shape index (κ1) is 27.8. The average molecular weight is 557 g/mol. The summed E-state index contributed by atoms with van der Waals surface area (Å²) in [5.74, 6) is 0.00929. The zero-order valence-corrected chi connectivity index (χ0v) is 22.5. The van der Waals surface area contributed by atoms with Crippen LogP contribution in [0.25, 0.3) is 16.6 Å². The van der Waals surface area contributed by atoms with E-state index in [0.29, 0.717) is 33.7 Å². The van der Waals surface area contributed by atoms with Crippen molar-refractivity contribution in [3.8, 4) is 5.69 Å². The van der Waals surface area contributed by atoms with E-state index in [1.165, 1.54) is 16.7 Å². The van der Waals surface area contributed by atoms with E-state index in [2.05, 4.69) is 4.98 Å². The lowest BCUT2D eigenvalue weighted by atomic mass is 10.1. The molecule has 3 aromatic carbocycles. The number of alkyl halides is 3. The van der Waals surface area contributed by atoms with Crippen molar-refractivity contribution in [2.45, 2.75) is 39.0 Å². The van der Waals surface area contributed by atoms with Crippen LogP contribution in [0.2, 0.25) is 0 Å². The molecule has 2 heterocycles. The molecule has 0 aliphatic rings. The lowest BCUT2D eigenvalue weighted by molar-refractivity contribution is -0.137. The van der Waals surface area contributed by atoms with Crippen LogP contribution >= 0.6 is 0 Å². The van der Waals surface area contributed by atoms with Gasteiger partial charge in [0.2, 0.25) is 5.91 Å². The van der Waals surface area contributed by atoms with Gasteiger partial charge < -0.3 is 4.90 Å². The smallest absolute Gasteiger partial charge is 0.327 e. The molecule has 0 aliphatic carbocycles. The Bertz CT molecular complexity index is 1730. The minimum Gasteiger partial charge on any atom is -0.327 e. The fourth-order valence-corrected chi connectivity index (χ4v) is 4.71. The molecule has 2 aromatic heterocycles. The maximum Gasteiger partial charge on any atom is 0.416 e. The molecule has 0 bridgehead atoms. The Hall–Kier alpha value is -4.79. The predicted octanol–water partition coefficient (Wildman–Crippen LogP) is 6.44. The monoisotopic (exact) mass is 556 g/mol. The lowest BCUT2D eigenvalue weighted by Crippen LogP contribution is -2.38. The molecular weight excluding hydrogens is 529 g/mol. The van der Waals surface area contributed by atoms with Crippen molar-refractivity contribution in [2.75, 3.05) is 0 Å². The summed E-state index contributed by atoms with van der Waals surface area (Å²) in [6.07, 6.45) is -2.99. The highest BCUT2D eigenvalue weighted by atomic mass is 19.4. The van der Waals surface area contributed by atoms with Crippen LogP contribution < -0.4 is 5.56 Å². The van der Waals surface area contributed by atoms with Gasteiger partial charge in [0.15, 0.2) is 0 Å². The number of fused-ring (bicyclic) bond motifs is 1. The number of hydrogen-bond acceptors (Lipinski definition) is 4. The van der Waals surface area contributed by atoms with Crippen molar-refractivity contribution in [2.24, 2.45) is 0 Å². The highest BCUT2D eigenvalue weighted by Crippen LogP contribution is 2.30. The molecular formula is C32H27F3N4O2. The molecule has 6 nitrogen and oxygen atoms in total. The normalized spacial score (nSPS) is 12.3. The van der Waals surface area contributed by atoms with Crippen LogP contribution in [-0.2, 0) is 23.9 Å². The highest BCUT2D eigenvalue weighted by molar-refractivity contribution is 5.80. The van der Waals surface area contributed by atoms with Crippen LogP contribution in [0.15, 0.2) is 102 Å². The van der Waals surface area contributed by atoms with E-state index in [9.17, 15) is 22.8 Å². The van der Waals surface area contributed by atoms with Gasteiger partial charge in [0.1, 0.15) is 5.82 Å². The van der Waals surface area contributed by atoms with Gasteiger partial charge in [0, 0.05) is 6.20 Å². The highest BCUT2D eigenvalue weighted by Gasteiger charge is 2.31. The molecule has 0 radical (unpaired) electrons. The van der Waals surface area contributed by atoms with E-state index in [0.717, 1.165) is 17.7 Å². The third-order valence-corrected chi connectivity index (χ3v) is 6.95. The Morgan fingerprint density at radius 1 is 0.927 bits per heavy atom. The topological polar surface area (TPSA) is 68.1 Å². The Morgan fingerprint density at radius 3 is 2.27 bits per heavy atom. The van der Waals surface area contributed by atoms with Crippen LogP contribution in [0.4, 0.5) is 13.2 Å². The van der Waals surface area contributed by atoms with E-state index < -0.39 is 17.8 Å². The summed E-state index contributed by atoms with van der Waals surface area (Å²) >= 11 is 0. The number of rotatable bonds is 7. The van der Waals surface area contributed by atoms with E-state index in [1.54, 1.807) is 54.4 Å². The average Bonchev–Trinajstić information content (AvgIpc) is 2.96. The third kappa shape index (κ3) is 6.04. The van der Waals surface area contributed by atoms with Crippen molar-refractivity contribution in [1.82, 2.24) is 19.4 Å². The summed E-state index contributed by atoms with van der Waals surface area (Å²) in [6.45, 7) is 3.84. The number of amides is 1. The molecule has 208 valence electrons. The van der Waals surface area contributed by atoms with Gasteiger partial charge >= 0.3 is 6.18 Å². The summed E-state index contributed by atoms with van der Waals surface area (Å²) in [5, 5.41) is 0.441. The van der Waals surface area contributed by atoms with Crippen molar-refractivity contribution in [3.63, 3.8) is 0 Å². The number of para-hydroxylation sites is 1. The number of aryl methyl sites for hydroxylation is 1. The molecule has 9 heteroatoms. The second kappa shape index (κ2) is 11.4. The Labute approximate surface area is 234 Å². The fourth-order valence-electron chi connectivity index (χ4n) is 4.71. The van der Waals surface area contributed by atoms with Gasteiger partial charge in [0.05, 0.1) is 46.9 Å². The van der Waals surface area contributed by atoms with Crippen LogP contribution in [0.1, 0.15) is 41.2 Å². The molecule has 5 aromatic rings. The van der Waals surface area contributed by atoms with E-state index in [1.807, 2.05) is 37.3 Å². The largest absolute Gasteiger partial charge is 0.416 e. The Morgan fingerprint density at radius 2 is 1.61 bits per heavy atom. The molecule has 5 rings (SSSR count). The first-order chi connectivity index (χ1) is 19.6. The van der Waals surface area contributed by atoms with Crippen LogP contribution in [-0.4, -0.2) is 25.3 Å². The SMILES string of the molecule is Cc1ccc(-n2c(C(C)N(Cc3ccccn3)C(=O)Cc3ccc(C(F)(F)F)cc3)nc3ccccc3c2=O)cc1. The zero-order valence-electron chi connectivity index (χ0n) is 22.5. The van der Waals surface area contributed by atoms with Crippen LogP contribution in [0.5, 0.6) is 0 Å². The van der Waals surface area contributed by atoms with Crippen molar-refractivity contribution in [3.05, 3.63) is 136 Å². The maximum absolute atomic E-state index is 13.8. The van der Waals surface area contributed by atoms with Gasteiger partial charge in [-0.2, -0.15) is 13.2 Å². The van der Waals surface area contributed by atoms with Gasteiger partial charge in [-0.05, 0) is 67.9 Å². The van der Waals surface area contributed by atoms with Crippen molar-refractivity contribution >= 4 is 16.8 Å². The minimum absolute atomic E-state index is 0.109. The standard InChI is InChI=1S/C32H27F3N4O2/c1-21-10-16-26(17-11-21)39-30(37-28-9-4-3-8-27(28)31(39)41)22(2)38(20-25-7-5-6-18-36-25)29(40)19-23-12-14-24(15-13-23)32(33,34)35/h3-18,22H,19-20H2,1-2H3. The Kier molecular flexibility index (Phi) is 7.70. The number of benzene rings is 3. The number of nitrogens with zero attached hydrogens (tertiary/aromatic N) is 4. The van der Waals surface area contributed by atoms with E-state index in [4.69, 9.17) is 4.98 Å². The molecule has 41 heavy (non-hydrogen) atoms. The summed E-state index contributed by atoms with van der Waals surface area (Å²) in [7, 11) is 0. The van der Waals surface area contributed by atoms with E-state index >= 15 is 0 Å². The fraction of sp³-hybridized carbons (Fsp3) is 0.188. The third-order valence-electron chi connectivity index (χ3n) is 6.95. The summed E-state index contributed by atoms with van der Waals surface area (Å²) < 4.78 is 40.7. The van der Waals surface area contributed by atoms with Gasteiger partial charge in [-0.1, -0.05) is 48.0 Å². The van der Waals surface area contributed by atoms with Crippen molar-refractivity contribution < 1.29 is 18.0 Å². The molecule has 0 N–H and O–H groups in total. The molecule has 1 amide bonds. The van der Waals surface area contributed by atoms with Gasteiger partial charge in [-0.25, -0.2) is 4.98 Å². The molecule has 0 aliphatic heterocycles. The van der Waals surface area contributed by atoms with Gasteiger partial charge in [0.25, 0.3) is 5.56 Å². The van der Waals surface area contributed by atoms with Crippen LogP contribution in [0.3, 0.4) is 0 Å². The van der Waals surface area contributed by atoms with Gasteiger partial charge in [-0.15, -0.1) is 0 Å². The number of carbonyl (C=O) groups is 1.